The number of benzene rings is 1. The van der Waals surface area contributed by atoms with Gasteiger partial charge >= 0.3 is 0 Å². The number of anilines is 1. The Kier molecular flexibility index (Phi) is 4.66. The maximum absolute atomic E-state index is 12.9. The smallest absolute Gasteiger partial charge is 0.274 e. The largest absolute Gasteiger partial charge is 0.338 e. The fourth-order valence-corrected chi connectivity index (χ4v) is 2.68. The summed E-state index contributed by atoms with van der Waals surface area (Å²) in [6, 6.07) is 6.04. The lowest BCUT2D eigenvalue weighted by molar-refractivity contribution is 0.269. The third-order valence-electron chi connectivity index (χ3n) is 4.16. The summed E-state index contributed by atoms with van der Waals surface area (Å²) in [5.41, 5.74) is 0.931. The number of likely N-dealkylation sites (N-methyl/N-ethyl adjacent to an activating group) is 1. The van der Waals surface area contributed by atoms with Crippen LogP contribution in [0.3, 0.4) is 0 Å². The molecule has 1 N–H and O–H groups in total. The van der Waals surface area contributed by atoms with Crippen molar-refractivity contribution in [2.45, 2.75) is 13.3 Å². The molecule has 1 aliphatic rings. The first-order valence-corrected chi connectivity index (χ1v) is 7.83. The summed E-state index contributed by atoms with van der Waals surface area (Å²) in [4.78, 5) is 19.4. The molecule has 6 nitrogen and oxygen atoms in total. The van der Waals surface area contributed by atoms with E-state index in [9.17, 15) is 9.18 Å². The zero-order valence-electron chi connectivity index (χ0n) is 13.1. The average Bonchev–Trinajstić information content (AvgIpc) is 2.59. The molecule has 1 aromatic carbocycles. The molecule has 122 valence electrons. The summed E-state index contributed by atoms with van der Waals surface area (Å²) >= 11 is 0. The summed E-state index contributed by atoms with van der Waals surface area (Å²) < 4.78 is 12.9. The number of rotatable bonds is 4. The number of aromatic nitrogens is 3. The summed E-state index contributed by atoms with van der Waals surface area (Å²) in [5.74, 6) is 0.226. The Balaban J connectivity index is 1.71. The highest BCUT2D eigenvalue weighted by Crippen LogP contribution is 2.10. The van der Waals surface area contributed by atoms with Gasteiger partial charge in [0.2, 0.25) is 5.95 Å². The van der Waals surface area contributed by atoms with Gasteiger partial charge in [0, 0.05) is 32.6 Å². The molecule has 3 rings (SSSR count). The molecule has 0 bridgehead atoms. The van der Waals surface area contributed by atoms with Gasteiger partial charge in [-0.15, -0.1) is 10.2 Å². The Morgan fingerprint density at radius 3 is 2.43 bits per heavy atom. The predicted molar refractivity (Wildman–Crippen MR) is 86.2 cm³/mol. The molecular formula is C16H20FN5O. The van der Waals surface area contributed by atoms with Gasteiger partial charge in [0.25, 0.3) is 5.56 Å². The van der Waals surface area contributed by atoms with Gasteiger partial charge in [-0.25, -0.2) is 4.39 Å². The van der Waals surface area contributed by atoms with Crippen LogP contribution in [0.15, 0.2) is 29.1 Å². The molecule has 1 aliphatic heterocycles. The zero-order valence-corrected chi connectivity index (χ0v) is 13.1. The van der Waals surface area contributed by atoms with E-state index in [1.54, 1.807) is 12.1 Å². The summed E-state index contributed by atoms with van der Waals surface area (Å²) in [5, 5.41) is 8.22. The first kappa shape index (κ1) is 15.6. The van der Waals surface area contributed by atoms with Crippen LogP contribution in [-0.2, 0) is 6.42 Å². The van der Waals surface area contributed by atoms with Crippen LogP contribution in [0.2, 0.25) is 0 Å². The van der Waals surface area contributed by atoms with E-state index in [0.29, 0.717) is 18.1 Å². The fourth-order valence-electron chi connectivity index (χ4n) is 2.68. The molecule has 0 saturated carbocycles. The van der Waals surface area contributed by atoms with Crippen molar-refractivity contribution in [2.75, 3.05) is 37.6 Å². The van der Waals surface area contributed by atoms with Gasteiger partial charge in [-0.2, -0.15) is 0 Å². The average molecular weight is 317 g/mol. The third-order valence-corrected chi connectivity index (χ3v) is 4.16. The lowest BCUT2D eigenvalue weighted by Crippen LogP contribution is -2.47. The highest BCUT2D eigenvalue weighted by atomic mass is 19.1. The number of nitrogens with zero attached hydrogens (tertiary/aromatic N) is 4. The lowest BCUT2D eigenvalue weighted by atomic mass is 10.1. The van der Waals surface area contributed by atoms with Crippen molar-refractivity contribution in [3.8, 4) is 0 Å². The molecular weight excluding hydrogens is 297 g/mol. The monoisotopic (exact) mass is 317 g/mol. The third kappa shape index (κ3) is 3.73. The van der Waals surface area contributed by atoms with Crippen LogP contribution in [0.4, 0.5) is 10.3 Å². The number of H-pyrrole nitrogens is 1. The Labute approximate surface area is 134 Å². The van der Waals surface area contributed by atoms with Gasteiger partial charge < -0.3 is 9.80 Å². The van der Waals surface area contributed by atoms with Crippen molar-refractivity contribution < 1.29 is 4.39 Å². The first-order valence-electron chi connectivity index (χ1n) is 7.83. The van der Waals surface area contributed by atoms with Crippen molar-refractivity contribution in [1.82, 2.24) is 20.1 Å². The highest BCUT2D eigenvalue weighted by Gasteiger charge is 2.18. The van der Waals surface area contributed by atoms with E-state index in [1.807, 2.05) is 4.90 Å². The van der Waals surface area contributed by atoms with E-state index in [4.69, 9.17) is 0 Å². The topological polar surface area (TPSA) is 65.1 Å². The molecule has 0 unspecified atom stereocenters. The minimum Gasteiger partial charge on any atom is -0.338 e. The summed E-state index contributed by atoms with van der Waals surface area (Å²) in [6.45, 7) is 6.74. The Morgan fingerprint density at radius 1 is 1.13 bits per heavy atom. The maximum atomic E-state index is 12.9. The van der Waals surface area contributed by atoms with Crippen molar-refractivity contribution in [3.63, 3.8) is 0 Å². The van der Waals surface area contributed by atoms with Gasteiger partial charge in [-0.1, -0.05) is 19.1 Å². The molecule has 0 spiro atoms. The number of piperazine rings is 1. The molecule has 7 heteroatoms. The van der Waals surface area contributed by atoms with Crippen LogP contribution in [0.1, 0.15) is 18.2 Å². The van der Waals surface area contributed by atoms with Crippen LogP contribution in [-0.4, -0.2) is 52.8 Å². The van der Waals surface area contributed by atoms with E-state index in [0.717, 1.165) is 38.3 Å². The van der Waals surface area contributed by atoms with Gasteiger partial charge in [0.05, 0.1) is 0 Å². The van der Waals surface area contributed by atoms with E-state index in [-0.39, 0.29) is 11.4 Å². The second-order valence-electron chi connectivity index (χ2n) is 5.65. The Bertz CT molecular complexity index is 707. The van der Waals surface area contributed by atoms with E-state index in [2.05, 4.69) is 27.0 Å². The van der Waals surface area contributed by atoms with Gasteiger partial charge in [0.1, 0.15) is 11.5 Å². The maximum Gasteiger partial charge on any atom is 0.274 e. The lowest BCUT2D eigenvalue weighted by Gasteiger charge is -2.33. The number of hydrogen-bond donors (Lipinski definition) is 1. The number of aromatic amines is 1. The molecule has 23 heavy (non-hydrogen) atoms. The minimum absolute atomic E-state index is 0.239. The minimum atomic E-state index is -0.296. The van der Waals surface area contributed by atoms with Crippen molar-refractivity contribution >= 4 is 5.95 Å². The van der Waals surface area contributed by atoms with E-state index >= 15 is 0 Å². The number of halogens is 1. The van der Waals surface area contributed by atoms with Crippen molar-refractivity contribution in [1.29, 1.82) is 0 Å². The zero-order chi connectivity index (χ0) is 16.2. The molecule has 2 heterocycles. The van der Waals surface area contributed by atoms with Crippen LogP contribution in [0, 0.1) is 5.82 Å². The molecule has 0 amide bonds. The van der Waals surface area contributed by atoms with Gasteiger partial charge in [-0.05, 0) is 24.2 Å². The van der Waals surface area contributed by atoms with E-state index < -0.39 is 0 Å². The summed E-state index contributed by atoms with van der Waals surface area (Å²) in [6.07, 6.45) is 0.340. The molecule has 1 aromatic heterocycles. The van der Waals surface area contributed by atoms with Crippen molar-refractivity contribution in [3.05, 3.63) is 51.7 Å². The van der Waals surface area contributed by atoms with Crippen LogP contribution < -0.4 is 10.5 Å². The van der Waals surface area contributed by atoms with Crippen LogP contribution >= 0.6 is 0 Å². The number of hydrogen-bond acceptors (Lipinski definition) is 5. The second kappa shape index (κ2) is 6.87. The van der Waals surface area contributed by atoms with Gasteiger partial charge in [-0.3, -0.25) is 9.78 Å². The fraction of sp³-hybridized carbons (Fsp3) is 0.438. The van der Waals surface area contributed by atoms with Gasteiger partial charge in [0.15, 0.2) is 0 Å². The van der Waals surface area contributed by atoms with Crippen LogP contribution in [0.5, 0.6) is 0 Å². The molecule has 0 radical (unpaired) electrons. The number of nitrogens with one attached hydrogen (secondary N) is 1. The molecule has 1 fully saturated rings. The Hall–Kier alpha value is -2.28. The highest BCUT2D eigenvalue weighted by molar-refractivity contribution is 5.29. The Morgan fingerprint density at radius 2 is 1.83 bits per heavy atom. The first-order chi connectivity index (χ1) is 11.2. The standard InChI is InChI=1S/C16H20FN5O/c1-2-21-7-9-22(10-8-21)16-18-15(23)14(19-20-16)11-12-3-5-13(17)6-4-12/h3-6H,2,7-11H2,1H3,(H,18,20,23). The molecule has 2 aromatic rings. The molecule has 0 atom stereocenters. The normalized spacial score (nSPS) is 15.8. The second-order valence-corrected chi connectivity index (χ2v) is 5.65. The quantitative estimate of drug-likeness (QED) is 0.913. The SMILES string of the molecule is CCN1CCN(c2nnc(Cc3ccc(F)cc3)c(=O)[nH]2)CC1. The van der Waals surface area contributed by atoms with Crippen molar-refractivity contribution in [2.24, 2.45) is 0 Å². The molecule has 1 saturated heterocycles. The predicted octanol–water partition coefficient (Wildman–Crippen LogP) is 1.04. The van der Waals surface area contributed by atoms with Crippen LogP contribution in [0.25, 0.3) is 0 Å². The van der Waals surface area contributed by atoms with E-state index in [1.165, 1.54) is 12.1 Å². The summed E-state index contributed by atoms with van der Waals surface area (Å²) in [7, 11) is 0. The molecule has 0 aliphatic carbocycles.